The number of carbonyl (C=O) groups is 2. The van der Waals surface area contributed by atoms with Crippen LogP contribution in [0.5, 0.6) is 5.75 Å². The van der Waals surface area contributed by atoms with Crippen LogP contribution in [0.3, 0.4) is 0 Å². The molecule has 0 heterocycles. The minimum atomic E-state index is -0.519. The monoisotopic (exact) mass is 493 g/mol. The number of ether oxygens (including phenoxy) is 1. The van der Waals surface area contributed by atoms with Gasteiger partial charge in [0.15, 0.2) is 6.29 Å². The molecular weight excluding hydrogens is 466 g/mol. The molecule has 0 unspecified atom stereocenters. The number of hydrogen-bond donors (Lipinski definition) is 5. The van der Waals surface area contributed by atoms with Gasteiger partial charge in [0.25, 0.3) is 11.6 Å². The zero-order valence-electron chi connectivity index (χ0n) is 19.8. The topological polar surface area (TPSA) is 181 Å². The average Bonchev–Trinajstić information content (AvgIpc) is 2.88. The van der Waals surface area contributed by atoms with Crippen molar-refractivity contribution in [3.63, 3.8) is 0 Å². The summed E-state index contributed by atoms with van der Waals surface area (Å²) in [6.07, 6.45) is 0.587. The Labute approximate surface area is 207 Å². The molecule has 11 nitrogen and oxygen atoms in total. The number of amidine groups is 1. The van der Waals surface area contributed by atoms with E-state index in [0.717, 1.165) is 12.7 Å². The van der Waals surface area contributed by atoms with Gasteiger partial charge in [-0.1, -0.05) is 11.6 Å². The molecule has 0 spiro atoms. The van der Waals surface area contributed by atoms with Gasteiger partial charge in [-0.15, -0.1) is 0 Å². The smallest absolute Gasteiger partial charge is 0.270 e. The van der Waals surface area contributed by atoms with E-state index in [4.69, 9.17) is 21.0 Å². The van der Waals surface area contributed by atoms with Crippen molar-refractivity contribution < 1.29 is 24.4 Å². The number of aliphatic hydroxyl groups is 1. The fourth-order valence-corrected chi connectivity index (χ4v) is 3.20. The number of aldehydes is 1. The number of nitro benzene ring substituents is 1. The highest BCUT2D eigenvalue weighted by molar-refractivity contribution is 6.08. The molecule has 1 amide bonds. The number of non-ortho nitro benzene ring substituents is 1. The van der Waals surface area contributed by atoms with Gasteiger partial charge in [-0.25, -0.2) is 0 Å². The minimum Gasteiger partial charge on any atom is -0.486 e. The first-order valence-corrected chi connectivity index (χ1v) is 10.7. The summed E-state index contributed by atoms with van der Waals surface area (Å²) in [6.45, 7) is 1.78. The fourth-order valence-electron chi connectivity index (χ4n) is 3.20. The molecule has 0 aliphatic heterocycles. The molecule has 0 radical (unpaired) electrons. The summed E-state index contributed by atoms with van der Waals surface area (Å²) in [5.41, 5.74) is 8.63. The molecule has 188 valence electrons. The second-order valence-electron chi connectivity index (χ2n) is 7.37. The number of nitrogens with zero attached hydrogens (tertiary/aromatic N) is 1. The minimum absolute atomic E-state index is 0.0688. The van der Waals surface area contributed by atoms with Crippen LogP contribution in [0.2, 0.25) is 0 Å². The van der Waals surface area contributed by atoms with Crippen molar-refractivity contribution in [2.75, 3.05) is 24.4 Å². The first kappa shape index (κ1) is 27.5. The van der Waals surface area contributed by atoms with Gasteiger partial charge in [0.1, 0.15) is 18.2 Å². The quantitative estimate of drug-likeness (QED) is 0.0938. The Morgan fingerprint density at radius 1 is 1.14 bits per heavy atom. The second kappa shape index (κ2) is 13.2. The predicted molar refractivity (Wildman–Crippen MR) is 137 cm³/mol. The molecule has 0 saturated carbocycles. The molecule has 3 rings (SSSR count). The highest BCUT2D eigenvalue weighted by atomic mass is 16.6. The number of benzene rings is 3. The van der Waals surface area contributed by atoms with Gasteiger partial charge in [0, 0.05) is 48.3 Å². The summed E-state index contributed by atoms with van der Waals surface area (Å²) in [7, 11) is 1.00. The maximum Gasteiger partial charge on any atom is 0.270 e. The zero-order chi connectivity index (χ0) is 26.7. The third-order valence-corrected chi connectivity index (χ3v) is 4.90. The van der Waals surface area contributed by atoms with E-state index in [-0.39, 0.29) is 30.6 Å². The van der Waals surface area contributed by atoms with E-state index in [1.165, 1.54) is 18.2 Å². The number of nitrogens with one attached hydrogen (secondary N) is 3. The van der Waals surface area contributed by atoms with Crippen molar-refractivity contribution in [2.45, 2.75) is 13.5 Å². The van der Waals surface area contributed by atoms with Crippen LogP contribution in [0, 0.1) is 22.4 Å². The highest BCUT2D eigenvalue weighted by Gasteiger charge is 2.15. The summed E-state index contributed by atoms with van der Waals surface area (Å²) in [5.74, 6) is -0.104. The highest BCUT2D eigenvalue weighted by Crippen LogP contribution is 2.27. The summed E-state index contributed by atoms with van der Waals surface area (Å²) in [5, 5.41) is 31.6. The molecular formula is C25H27N5O6. The van der Waals surface area contributed by atoms with Gasteiger partial charge in [0.05, 0.1) is 10.5 Å². The molecule has 0 bridgehead atoms. The van der Waals surface area contributed by atoms with E-state index >= 15 is 0 Å². The van der Waals surface area contributed by atoms with Crippen LogP contribution in [-0.2, 0) is 11.3 Å². The molecule has 0 aromatic heterocycles. The molecule has 6 N–H and O–H groups in total. The molecule has 3 aromatic carbocycles. The van der Waals surface area contributed by atoms with E-state index in [9.17, 15) is 19.7 Å². The molecule has 0 atom stereocenters. The molecule has 3 aromatic rings. The van der Waals surface area contributed by atoms with E-state index in [1.807, 2.05) is 13.0 Å². The summed E-state index contributed by atoms with van der Waals surface area (Å²) >= 11 is 0. The molecule has 0 saturated heterocycles. The Morgan fingerprint density at radius 2 is 1.83 bits per heavy atom. The van der Waals surface area contributed by atoms with E-state index in [2.05, 4.69) is 10.6 Å². The van der Waals surface area contributed by atoms with Crippen LogP contribution in [0.1, 0.15) is 27.0 Å². The lowest BCUT2D eigenvalue weighted by atomic mass is 10.1. The maximum absolute atomic E-state index is 13.0. The van der Waals surface area contributed by atoms with Gasteiger partial charge in [0.2, 0.25) is 0 Å². The van der Waals surface area contributed by atoms with Gasteiger partial charge < -0.3 is 26.2 Å². The van der Waals surface area contributed by atoms with Crippen molar-refractivity contribution in [3.8, 4) is 5.75 Å². The van der Waals surface area contributed by atoms with Crippen molar-refractivity contribution in [2.24, 2.45) is 5.73 Å². The Bertz CT molecular complexity index is 1240. The predicted octanol–water partition coefficient (Wildman–Crippen LogP) is 3.24. The molecule has 36 heavy (non-hydrogen) atoms. The average molecular weight is 494 g/mol. The van der Waals surface area contributed by atoms with Crippen LogP contribution >= 0.6 is 0 Å². The number of rotatable bonds is 10. The summed E-state index contributed by atoms with van der Waals surface area (Å²) < 4.78 is 5.38. The van der Waals surface area contributed by atoms with E-state index < -0.39 is 4.92 Å². The lowest BCUT2D eigenvalue weighted by Gasteiger charge is -2.15. The summed E-state index contributed by atoms with van der Waals surface area (Å²) in [6, 6.07) is 16.0. The first-order valence-electron chi connectivity index (χ1n) is 10.7. The number of aryl methyl sites for hydroxylation is 1. The Balaban J connectivity index is 0.00000222. The molecule has 11 heteroatoms. The summed E-state index contributed by atoms with van der Waals surface area (Å²) in [4.78, 5) is 34.3. The molecule has 0 aliphatic carbocycles. The standard InChI is InChI=1S/C24H23N5O5.CH4O/c1-15-2-8-21(20(12-15)24(31)28-18-5-3-16(4-6-18)23(25)26)27-14-17-13-19(29(32)33)7-9-22(17)34-11-10-30;1-2/h2-10,12-13,27H,11,14H2,1H3,(H3,25,26)(H,28,31);2H,1H3. The molecule has 0 aliphatic rings. The Hall–Kier alpha value is -4.77. The lowest BCUT2D eigenvalue weighted by molar-refractivity contribution is -0.384. The Morgan fingerprint density at radius 3 is 2.44 bits per heavy atom. The SMILES string of the molecule is CO.Cc1ccc(NCc2cc([N+](=O)[O-])ccc2OCC=O)c(C(=O)Nc2ccc(C(=N)N)cc2)c1. The molecule has 0 fully saturated rings. The number of nitrogens with two attached hydrogens (primary N) is 1. The van der Waals surface area contributed by atoms with Crippen molar-refractivity contribution in [1.82, 2.24) is 0 Å². The first-order chi connectivity index (χ1) is 17.3. The zero-order valence-corrected chi connectivity index (χ0v) is 19.8. The van der Waals surface area contributed by atoms with Crippen molar-refractivity contribution in [1.29, 1.82) is 5.41 Å². The van der Waals surface area contributed by atoms with Crippen LogP contribution in [0.4, 0.5) is 17.1 Å². The van der Waals surface area contributed by atoms with Gasteiger partial charge in [-0.2, -0.15) is 0 Å². The number of hydrogen-bond acceptors (Lipinski definition) is 8. The number of nitro groups is 1. The van der Waals surface area contributed by atoms with Crippen molar-refractivity contribution in [3.05, 3.63) is 93.0 Å². The van der Waals surface area contributed by atoms with E-state index in [1.54, 1.807) is 36.4 Å². The number of carbonyl (C=O) groups excluding carboxylic acids is 2. The lowest BCUT2D eigenvalue weighted by Crippen LogP contribution is -2.16. The second-order valence-corrected chi connectivity index (χ2v) is 7.37. The third-order valence-electron chi connectivity index (χ3n) is 4.90. The largest absolute Gasteiger partial charge is 0.486 e. The Kier molecular flexibility index (Phi) is 10.1. The number of anilines is 2. The van der Waals surface area contributed by atoms with E-state index in [0.29, 0.717) is 40.1 Å². The van der Waals surface area contributed by atoms with Crippen LogP contribution < -0.4 is 21.1 Å². The van der Waals surface area contributed by atoms with Gasteiger partial charge >= 0.3 is 0 Å². The van der Waals surface area contributed by atoms with Crippen LogP contribution in [0.25, 0.3) is 0 Å². The van der Waals surface area contributed by atoms with Crippen molar-refractivity contribution >= 4 is 35.1 Å². The number of aliphatic hydroxyl groups excluding tert-OH is 1. The fraction of sp³-hybridized carbons (Fsp3) is 0.160. The van der Waals surface area contributed by atoms with Gasteiger partial charge in [-0.3, -0.25) is 25.1 Å². The normalized spacial score (nSPS) is 9.86. The third kappa shape index (κ3) is 7.37. The van der Waals surface area contributed by atoms with Crippen LogP contribution in [0.15, 0.2) is 60.7 Å². The maximum atomic E-state index is 13.0. The number of nitrogen functional groups attached to an aromatic ring is 1. The van der Waals surface area contributed by atoms with Crippen LogP contribution in [-0.4, -0.2) is 41.8 Å². The van der Waals surface area contributed by atoms with Gasteiger partial charge in [-0.05, 0) is 49.4 Å². The number of amides is 1.